The average Bonchev–Trinajstić information content (AvgIpc) is 3.46. The van der Waals surface area contributed by atoms with Gasteiger partial charge in [0.05, 0.1) is 25.0 Å². The van der Waals surface area contributed by atoms with E-state index in [4.69, 9.17) is 14.5 Å². The number of nitrogens with zero attached hydrogens (tertiary/aromatic N) is 4. The first-order valence-electron chi connectivity index (χ1n) is 10.3. The minimum atomic E-state index is -0.332. The van der Waals surface area contributed by atoms with Crippen molar-refractivity contribution in [3.63, 3.8) is 0 Å². The molecule has 0 saturated carbocycles. The van der Waals surface area contributed by atoms with Crippen molar-refractivity contribution in [1.82, 2.24) is 19.7 Å². The van der Waals surface area contributed by atoms with Crippen LogP contribution in [-0.2, 0) is 12.3 Å². The first-order valence-corrected chi connectivity index (χ1v) is 12.2. The fourth-order valence-electron chi connectivity index (χ4n) is 3.25. The zero-order chi connectivity index (χ0) is 23.2. The lowest BCUT2D eigenvalue weighted by molar-refractivity contribution is 0.311. The second kappa shape index (κ2) is 10.6. The van der Waals surface area contributed by atoms with Crippen LogP contribution in [0.25, 0.3) is 22.0 Å². The van der Waals surface area contributed by atoms with Gasteiger partial charge in [-0.25, -0.2) is 9.37 Å². The third-order valence-electron chi connectivity index (χ3n) is 4.75. The number of benzene rings is 2. The van der Waals surface area contributed by atoms with Gasteiger partial charge in [0, 0.05) is 23.2 Å². The minimum absolute atomic E-state index is 0.332. The Bertz CT molecular complexity index is 1260. The number of thiazole rings is 1. The molecule has 9 heteroatoms. The third-order valence-corrected chi connectivity index (χ3v) is 6.70. The molecule has 6 nitrogen and oxygen atoms in total. The standard InChI is InChI=1S/C24H23FN4O2S2/c1-4-12-29-22(18-8-6-7-9-19(18)25)27-28-24(29)33-15-17-14-32-23(26-17)16-10-11-20(31-5-2)21(13-16)30-3/h4,6-11,13-14H,1,5,12,15H2,2-3H3. The van der Waals surface area contributed by atoms with Crippen LogP contribution in [0, 0.1) is 5.82 Å². The monoisotopic (exact) mass is 482 g/mol. The molecule has 0 aliphatic carbocycles. The van der Waals surface area contributed by atoms with E-state index in [2.05, 4.69) is 16.8 Å². The fraction of sp³-hybridized carbons (Fsp3) is 0.208. The topological polar surface area (TPSA) is 62.1 Å². The third kappa shape index (κ3) is 5.09. The lowest BCUT2D eigenvalue weighted by atomic mass is 10.2. The number of hydrogen-bond acceptors (Lipinski definition) is 7. The highest BCUT2D eigenvalue weighted by Gasteiger charge is 2.17. The van der Waals surface area contributed by atoms with Crippen molar-refractivity contribution in [2.45, 2.75) is 24.4 Å². The number of methoxy groups -OCH3 is 1. The van der Waals surface area contributed by atoms with Crippen molar-refractivity contribution in [3.8, 4) is 33.5 Å². The summed E-state index contributed by atoms with van der Waals surface area (Å²) in [6.45, 7) is 6.80. The Morgan fingerprint density at radius 2 is 2.03 bits per heavy atom. The van der Waals surface area contributed by atoms with Crippen LogP contribution < -0.4 is 9.47 Å². The van der Waals surface area contributed by atoms with Crippen LogP contribution in [0.4, 0.5) is 4.39 Å². The number of hydrogen-bond donors (Lipinski definition) is 0. The molecule has 170 valence electrons. The van der Waals surface area contributed by atoms with Crippen molar-refractivity contribution in [2.75, 3.05) is 13.7 Å². The molecule has 0 radical (unpaired) electrons. The van der Waals surface area contributed by atoms with Crippen molar-refractivity contribution in [3.05, 3.63) is 72.0 Å². The molecule has 0 aliphatic rings. The van der Waals surface area contributed by atoms with Crippen LogP contribution in [0.1, 0.15) is 12.6 Å². The molecule has 2 aromatic carbocycles. The minimum Gasteiger partial charge on any atom is -0.493 e. The maximum absolute atomic E-state index is 14.3. The van der Waals surface area contributed by atoms with Crippen LogP contribution in [0.2, 0.25) is 0 Å². The molecule has 33 heavy (non-hydrogen) atoms. The summed E-state index contributed by atoms with van der Waals surface area (Å²) >= 11 is 3.07. The largest absolute Gasteiger partial charge is 0.493 e. The van der Waals surface area contributed by atoms with Gasteiger partial charge in [0.25, 0.3) is 0 Å². The summed E-state index contributed by atoms with van der Waals surface area (Å²) in [6, 6.07) is 12.4. The number of thioether (sulfide) groups is 1. The van der Waals surface area contributed by atoms with Gasteiger partial charge >= 0.3 is 0 Å². The Kier molecular flexibility index (Phi) is 7.41. The molecule has 2 aromatic heterocycles. The summed E-state index contributed by atoms with van der Waals surface area (Å²) in [5, 5.41) is 12.1. The van der Waals surface area contributed by atoms with Gasteiger partial charge in [0.1, 0.15) is 10.8 Å². The van der Waals surface area contributed by atoms with Crippen LogP contribution in [0.5, 0.6) is 11.5 Å². The molecule has 0 aliphatic heterocycles. The lowest BCUT2D eigenvalue weighted by Crippen LogP contribution is -2.01. The van der Waals surface area contributed by atoms with Gasteiger partial charge in [-0.1, -0.05) is 30.0 Å². The summed E-state index contributed by atoms with van der Waals surface area (Å²) in [5.74, 6) is 2.15. The Morgan fingerprint density at radius 3 is 2.79 bits per heavy atom. The molecule has 0 unspecified atom stereocenters. The van der Waals surface area contributed by atoms with E-state index in [9.17, 15) is 4.39 Å². The second-order valence-corrected chi connectivity index (χ2v) is 8.72. The SMILES string of the molecule is C=CCn1c(SCc2csc(-c3ccc(OCC)c(OC)c3)n2)nnc1-c1ccccc1F. The molecule has 0 fully saturated rings. The molecule has 4 rings (SSSR count). The van der Waals surface area contributed by atoms with Crippen molar-refractivity contribution >= 4 is 23.1 Å². The quantitative estimate of drug-likeness (QED) is 0.201. The molecular weight excluding hydrogens is 459 g/mol. The van der Waals surface area contributed by atoms with Crippen LogP contribution in [-0.4, -0.2) is 33.5 Å². The Balaban J connectivity index is 1.52. The molecule has 0 amide bonds. The molecule has 0 spiro atoms. The highest BCUT2D eigenvalue weighted by atomic mass is 32.2. The Hall–Kier alpha value is -3.17. The van der Waals surface area contributed by atoms with E-state index in [-0.39, 0.29) is 5.82 Å². The fourth-order valence-corrected chi connectivity index (χ4v) is 5.01. The van der Waals surface area contributed by atoms with E-state index in [1.165, 1.54) is 17.8 Å². The number of halogens is 1. The van der Waals surface area contributed by atoms with Crippen LogP contribution >= 0.6 is 23.1 Å². The van der Waals surface area contributed by atoms with Gasteiger partial charge in [-0.15, -0.1) is 28.1 Å². The van der Waals surface area contributed by atoms with Crippen molar-refractivity contribution in [1.29, 1.82) is 0 Å². The maximum Gasteiger partial charge on any atom is 0.192 e. The Labute approximate surface area is 200 Å². The predicted molar refractivity (Wildman–Crippen MR) is 130 cm³/mol. The number of allylic oxidation sites excluding steroid dienone is 1. The zero-order valence-electron chi connectivity index (χ0n) is 18.3. The zero-order valence-corrected chi connectivity index (χ0v) is 20.0. The average molecular weight is 483 g/mol. The van der Waals surface area contributed by atoms with E-state index in [1.54, 1.807) is 42.7 Å². The molecule has 4 aromatic rings. The number of rotatable bonds is 10. The van der Waals surface area contributed by atoms with E-state index in [0.717, 1.165) is 16.3 Å². The van der Waals surface area contributed by atoms with E-state index in [1.807, 2.05) is 35.1 Å². The second-order valence-electron chi connectivity index (χ2n) is 6.92. The van der Waals surface area contributed by atoms with Gasteiger partial charge < -0.3 is 9.47 Å². The first-order chi connectivity index (χ1) is 16.1. The summed E-state index contributed by atoms with van der Waals surface area (Å²) in [7, 11) is 1.63. The van der Waals surface area contributed by atoms with Crippen LogP contribution in [0.15, 0.2) is 65.7 Å². The van der Waals surface area contributed by atoms with Gasteiger partial charge in [-0.3, -0.25) is 4.57 Å². The van der Waals surface area contributed by atoms with Crippen LogP contribution in [0.3, 0.4) is 0 Å². The normalized spacial score (nSPS) is 10.9. The van der Waals surface area contributed by atoms with Gasteiger partial charge in [0.2, 0.25) is 0 Å². The highest BCUT2D eigenvalue weighted by Crippen LogP contribution is 2.35. The highest BCUT2D eigenvalue weighted by molar-refractivity contribution is 7.98. The molecule has 0 atom stereocenters. The van der Waals surface area contributed by atoms with Crippen molar-refractivity contribution < 1.29 is 13.9 Å². The summed E-state index contributed by atoms with van der Waals surface area (Å²) < 4.78 is 27.2. The number of aromatic nitrogens is 4. The van der Waals surface area contributed by atoms with Gasteiger partial charge in [0.15, 0.2) is 22.5 Å². The van der Waals surface area contributed by atoms with E-state index >= 15 is 0 Å². The smallest absolute Gasteiger partial charge is 0.192 e. The lowest BCUT2D eigenvalue weighted by Gasteiger charge is -2.10. The number of ether oxygens (including phenoxy) is 2. The summed E-state index contributed by atoms with van der Waals surface area (Å²) in [5.41, 5.74) is 2.31. The molecule has 0 N–H and O–H groups in total. The van der Waals surface area contributed by atoms with Crippen molar-refractivity contribution in [2.24, 2.45) is 0 Å². The molecule has 0 saturated heterocycles. The summed E-state index contributed by atoms with van der Waals surface area (Å²) in [6.07, 6.45) is 1.75. The Morgan fingerprint density at radius 1 is 1.18 bits per heavy atom. The molecular formula is C24H23FN4O2S2. The first kappa shape index (κ1) is 23.0. The molecule has 0 bridgehead atoms. The van der Waals surface area contributed by atoms with Gasteiger partial charge in [-0.05, 0) is 37.3 Å². The molecule has 2 heterocycles. The van der Waals surface area contributed by atoms with E-state index < -0.39 is 0 Å². The summed E-state index contributed by atoms with van der Waals surface area (Å²) in [4.78, 5) is 4.77. The van der Waals surface area contributed by atoms with E-state index in [0.29, 0.717) is 46.9 Å². The predicted octanol–water partition coefficient (Wildman–Crippen LogP) is 6.09. The van der Waals surface area contributed by atoms with Gasteiger partial charge in [-0.2, -0.15) is 0 Å². The maximum atomic E-state index is 14.3.